The number of hydrogen-bond acceptors (Lipinski definition) is 5. The number of anilines is 1. The molecule has 132 valence electrons. The van der Waals surface area contributed by atoms with Crippen LogP contribution in [0.5, 0.6) is 5.75 Å². The molecule has 2 amide bonds. The van der Waals surface area contributed by atoms with Crippen LogP contribution in [0.3, 0.4) is 0 Å². The predicted octanol–water partition coefficient (Wildman–Crippen LogP) is 3.20. The fourth-order valence-electron chi connectivity index (χ4n) is 3.62. The molecule has 6 nitrogen and oxygen atoms in total. The monoisotopic (exact) mass is 351 g/mol. The van der Waals surface area contributed by atoms with Gasteiger partial charge in [0.05, 0.1) is 23.8 Å². The SMILES string of the molecule is C[C@@H]1C=CC[C@H]2C(=O)N(c3ccc(OC(=O)c4ccco4)cc3)C(=O)[C@@H]12. The normalized spacial score (nSPS) is 24.7. The van der Waals surface area contributed by atoms with Gasteiger partial charge in [-0.05, 0) is 48.7 Å². The third-order valence-corrected chi connectivity index (χ3v) is 4.90. The highest BCUT2D eigenvalue weighted by atomic mass is 16.5. The van der Waals surface area contributed by atoms with Crippen molar-refractivity contribution in [2.24, 2.45) is 17.8 Å². The molecule has 6 heteroatoms. The number of fused-ring (bicyclic) bond motifs is 1. The van der Waals surface area contributed by atoms with Gasteiger partial charge in [0.2, 0.25) is 17.6 Å². The van der Waals surface area contributed by atoms with E-state index in [1.165, 1.54) is 17.2 Å². The van der Waals surface area contributed by atoms with E-state index in [0.717, 1.165) is 0 Å². The van der Waals surface area contributed by atoms with Crippen molar-refractivity contribution < 1.29 is 23.5 Å². The number of imide groups is 1. The minimum absolute atomic E-state index is 0.0451. The Balaban J connectivity index is 1.53. The molecule has 1 aromatic carbocycles. The van der Waals surface area contributed by atoms with Gasteiger partial charge in [0, 0.05) is 0 Å². The highest BCUT2D eigenvalue weighted by molar-refractivity contribution is 6.22. The molecule has 1 aromatic heterocycles. The van der Waals surface area contributed by atoms with E-state index in [9.17, 15) is 14.4 Å². The number of carbonyl (C=O) groups is 3. The Morgan fingerprint density at radius 2 is 1.92 bits per heavy atom. The minimum Gasteiger partial charge on any atom is -0.457 e. The Morgan fingerprint density at radius 3 is 2.58 bits per heavy atom. The highest BCUT2D eigenvalue weighted by Crippen LogP contribution is 2.40. The van der Waals surface area contributed by atoms with Gasteiger partial charge in [-0.15, -0.1) is 0 Å². The summed E-state index contributed by atoms with van der Waals surface area (Å²) in [6.07, 6.45) is 5.94. The van der Waals surface area contributed by atoms with Crippen molar-refractivity contribution in [1.82, 2.24) is 0 Å². The number of rotatable bonds is 3. The Morgan fingerprint density at radius 1 is 1.15 bits per heavy atom. The molecular formula is C20H17NO5. The second kappa shape index (κ2) is 6.29. The van der Waals surface area contributed by atoms with Crippen molar-refractivity contribution in [1.29, 1.82) is 0 Å². The number of esters is 1. The summed E-state index contributed by atoms with van der Waals surface area (Å²) in [5.74, 6) is -1.09. The fourth-order valence-corrected chi connectivity index (χ4v) is 3.62. The first kappa shape index (κ1) is 16.3. The van der Waals surface area contributed by atoms with E-state index in [-0.39, 0.29) is 35.3 Å². The summed E-state index contributed by atoms with van der Waals surface area (Å²) in [6, 6.07) is 9.43. The number of amides is 2. The number of hydrogen-bond donors (Lipinski definition) is 0. The standard InChI is InChI=1S/C20H17NO5/c1-12-4-2-5-15-17(12)19(23)21(18(15)22)13-7-9-14(10-8-13)26-20(24)16-6-3-11-25-16/h2-4,6-12,15,17H,5H2,1H3/t12-,15-,17+/m1/s1. The number of furan rings is 1. The smallest absolute Gasteiger partial charge is 0.379 e. The molecule has 1 aliphatic carbocycles. The van der Waals surface area contributed by atoms with E-state index in [1.807, 2.05) is 19.1 Å². The van der Waals surface area contributed by atoms with E-state index < -0.39 is 5.97 Å². The first-order valence-corrected chi connectivity index (χ1v) is 8.46. The number of ether oxygens (including phenoxy) is 1. The zero-order chi connectivity index (χ0) is 18.3. The van der Waals surface area contributed by atoms with Gasteiger partial charge in [0.15, 0.2) is 0 Å². The molecule has 2 aliphatic rings. The van der Waals surface area contributed by atoms with Crippen LogP contribution in [0.15, 0.2) is 59.2 Å². The summed E-state index contributed by atoms with van der Waals surface area (Å²) >= 11 is 0. The Labute approximate surface area is 150 Å². The lowest BCUT2D eigenvalue weighted by atomic mass is 9.78. The molecule has 1 fully saturated rings. The maximum Gasteiger partial charge on any atom is 0.379 e. The predicted molar refractivity (Wildman–Crippen MR) is 92.5 cm³/mol. The topological polar surface area (TPSA) is 76.8 Å². The average molecular weight is 351 g/mol. The molecule has 4 rings (SSSR count). The molecule has 1 saturated heterocycles. The molecule has 3 atom stereocenters. The van der Waals surface area contributed by atoms with Crippen molar-refractivity contribution in [2.45, 2.75) is 13.3 Å². The maximum absolute atomic E-state index is 12.8. The maximum atomic E-state index is 12.8. The zero-order valence-electron chi connectivity index (χ0n) is 14.1. The van der Waals surface area contributed by atoms with Gasteiger partial charge in [-0.2, -0.15) is 0 Å². The summed E-state index contributed by atoms with van der Waals surface area (Å²) in [4.78, 5) is 38.6. The lowest BCUT2D eigenvalue weighted by molar-refractivity contribution is -0.122. The van der Waals surface area contributed by atoms with Gasteiger partial charge in [0.1, 0.15) is 5.75 Å². The van der Waals surface area contributed by atoms with E-state index in [2.05, 4.69) is 0 Å². The van der Waals surface area contributed by atoms with Crippen molar-refractivity contribution in [3.63, 3.8) is 0 Å². The van der Waals surface area contributed by atoms with E-state index in [0.29, 0.717) is 17.9 Å². The van der Waals surface area contributed by atoms with Crippen LogP contribution >= 0.6 is 0 Å². The third kappa shape index (κ3) is 2.63. The quantitative estimate of drug-likeness (QED) is 0.367. The molecule has 0 bridgehead atoms. The van der Waals surface area contributed by atoms with Gasteiger partial charge in [0.25, 0.3) is 0 Å². The van der Waals surface area contributed by atoms with Crippen LogP contribution in [0.2, 0.25) is 0 Å². The van der Waals surface area contributed by atoms with Crippen LogP contribution < -0.4 is 9.64 Å². The molecule has 2 aromatic rings. The van der Waals surface area contributed by atoms with Gasteiger partial charge < -0.3 is 9.15 Å². The van der Waals surface area contributed by atoms with E-state index >= 15 is 0 Å². The fraction of sp³-hybridized carbons (Fsp3) is 0.250. The van der Waals surface area contributed by atoms with Crippen LogP contribution in [0.4, 0.5) is 5.69 Å². The number of nitrogens with zero attached hydrogens (tertiary/aromatic N) is 1. The molecule has 0 saturated carbocycles. The minimum atomic E-state index is -0.609. The van der Waals surface area contributed by atoms with Crippen LogP contribution in [0.1, 0.15) is 23.9 Å². The molecule has 26 heavy (non-hydrogen) atoms. The number of allylic oxidation sites excluding steroid dienone is 2. The van der Waals surface area contributed by atoms with Gasteiger partial charge >= 0.3 is 5.97 Å². The summed E-state index contributed by atoms with van der Waals surface area (Å²) in [6.45, 7) is 1.96. The summed E-state index contributed by atoms with van der Waals surface area (Å²) < 4.78 is 10.2. The average Bonchev–Trinajstić information content (AvgIpc) is 3.25. The van der Waals surface area contributed by atoms with Crippen LogP contribution in [-0.4, -0.2) is 17.8 Å². The van der Waals surface area contributed by atoms with Crippen LogP contribution in [-0.2, 0) is 9.59 Å². The molecule has 1 aliphatic heterocycles. The van der Waals surface area contributed by atoms with Crippen molar-refractivity contribution in [3.8, 4) is 5.75 Å². The van der Waals surface area contributed by atoms with E-state index in [4.69, 9.17) is 9.15 Å². The van der Waals surface area contributed by atoms with Crippen molar-refractivity contribution >= 4 is 23.5 Å². The summed E-state index contributed by atoms with van der Waals surface area (Å²) in [5.41, 5.74) is 0.486. The van der Waals surface area contributed by atoms with Crippen LogP contribution in [0, 0.1) is 17.8 Å². The van der Waals surface area contributed by atoms with Gasteiger partial charge in [-0.25, -0.2) is 4.79 Å². The number of benzene rings is 1. The Kier molecular flexibility index (Phi) is 3.95. The molecule has 0 N–H and O–H groups in total. The molecule has 0 radical (unpaired) electrons. The Bertz CT molecular complexity index is 881. The zero-order valence-corrected chi connectivity index (χ0v) is 14.1. The first-order valence-electron chi connectivity index (χ1n) is 8.46. The first-order chi connectivity index (χ1) is 12.6. The Hall–Kier alpha value is -3.15. The lowest BCUT2D eigenvalue weighted by Crippen LogP contribution is -2.31. The summed E-state index contributed by atoms with van der Waals surface area (Å²) in [5, 5.41) is 0. The largest absolute Gasteiger partial charge is 0.457 e. The molecule has 0 unspecified atom stereocenters. The summed E-state index contributed by atoms with van der Waals surface area (Å²) in [7, 11) is 0. The second-order valence-corrected chi connectivity index (χ2v) is 6.53. The van der Waals surface area contributed by atoms with Gasteiger partial charge in [-0.1, -0.05) is 19.1 Å². The highest BCUT2D eigenvalue weighted by Gasteiger charge is 2.50. The third-order valence-electron chi connectivity index (χ3n) is 4.90. The van der Waals surface area contributed by atoms with Crippen LogP contribution in [0.25, 0.3) is 0 Å². The molecular weight excluding hydrogens is 334 g/mol. The van der Waals surface area contributed by atoms with Crippen molar-refractivity contribution in [3.05, 3.63) is 60.6 Å². The lowest BCUT2D eigenvalue weighted by Gasteiger charge is -2.22. The second-order valence-electron chi connectivity index (χ2n) is 6.53. The van der Waals surface area contributed by atoms with Gasteiger partial charge in [-0.3, -0.25) is 14.5 Å². The van der Waals surface area contributed by atoms with E-state index in [1.54, 1.807) is 30.3 Å². The molecule has 0 spiro atoms. The molecule has 2 heterocycles. The number of carbonyl (C=O) groups excluding carboxylic acids is 3. The van der Waals surface area contributed by atoms with Crippen molar-refractivity contribution in [2.75, 3.05) is 4.90 Å².